The summed E-state index contributed by atoms with van der Waals surface area (Å²) in [5, 5.41) is 0. The molecule has 1 aliphatic heterocycles. The van der Waals surface area contributed by atoms with Crippen LogP contribution in [0, 0.1) is 11.8 Å². The number of rotatable bonds is 4. The summed E-state index contributed by atoms with van der Waals surface area (Å²) in [5.74, 6) is 0.586. The van der Waals surface area contributed by atoms with Crippen molar-refractivity contribution in [2.75, 3.05) is 26.7 Å². The summed E-state index contributed by atoms with van der Waals surface area (Å²) in [6.45, 7) is 3.83. The fourth-order valence-corrected chi connectivity index (χ4v) is 2.63. The van der Waals surface area contributed by atoms with E-state index in [0.29, 0.717) is 13.1 Å². The highest BCUT2D eigenvalue weighted by molar-refractivity contribution is 5.83. The normalized spacial score (nSPS) is 25.0. The van der Waals surface area contributed by atoms with Crippen LogP contribution in [-0.2, 0) is 9.59 Å². The van der Waals surface area contributed by atoms with Crippen molar-refractivity contribution in [2.45, 2.75) is 38.6 Å². The second-order valence-corrected chi connectivity index (χ2v) is 5.93. The van der Waals surface area contributed by atoms with Gasteiger partial charge in [-0.2, -0.15) is 0 Å². The Morgan fingerprint density at radius 3 is 2.58 bits per heavy atom. The average Bonchev–Trinajstić information content (AvgIpc) is 3.28. The van der Waals surface area contributed by atoms with Crippen molar-refractivity contribution in [3.8, 4) is 0 Å². The molecule has 2 rings (SSSR count). The number of likely N-dealkylation sites (tertiary alicyclic amines) is 1. The number of piperidine rings is 1. The fourth-order valence-electron chi connectivity index (χ4n) is 2.63. The van der Waals surface area contributed by atoms with E-state index in [0.717, 1.165) is 32.2 Å². The van der Waals surface area contributed by atoms with Gasteiger partial charge in [0.05, 0.1) is 5.92 Å². The second-order valence-electron chi connectivity index (χ2n) is 5.93. The number of amides is 2. The van der Waals surface area contributed by atoms with E-state index in [1.54, 1.807) is 4.90 Å². The fraction of sp³-hybridized carbons (Fsp3) is 0.857. The summed E-state index contributed by atoms with van der Waals surface area (Å²) < 4.78 is 0. The SMILES string of the molecule is CC(CN)N(C)C(=O)C1CCCN(C(=O)C2CC2)C1. The minimum atomic E-state index is -0.0459. The quantitative estimate of drug-likeness (QED) is 0.804. The molecular formula is C14H25N3O2. The first-order valence-electron chi connectivity index (χ1n) is 7.30. The molecule has 5 heteroatoms. The van der Waals surface area contributed by atoms with Gasteiger partial charge in [-0.15, -0.1) is 0 Å². The Labute approximate surface area is 115 Å². The molecule has 2 fully saturated rings. The largest absolute Gasteiger partial charge is 0.342 e. The average molecular weight is 267 g/mol. The minimum absolute atomic E-state index is 0.0459. The number of nitrogens with two attached hydrogens (primary N) is 1. The summed E-state index contributed by atoms with van der Waals surface area (Å²) >= 11 is 0. The van der Waals surface area contributed by atoms with Crippen molar-refractivity contribution in [1.82, 2.24) is 9.80 Å². The van der Waals surface area contributed by atoms with Gasteiger partial charge in [0.2, 0.25) is 11.8 Å². The summed E-state index contributed by atoms with van der Waals surface area (Å²) in [6, 6.07) is 0.0574. The van der Waals surface area contributed by atoms with Crippen molar-refractivity contribution in [1.29, 1.82) is 0 Å². The molecule has 1 saturated heterocycles. The molecule has 1 heterocycles. The van der Waals surface area contributed by atoms with E-state index >= 15 is 0 Å². The maximum Gasteiger partial charge on any atom is 0.227 e. The highest BCUT2D eigenvalue weighted by Gasteiger charge is 2.37. The van der Waals surface area contributed by atoms with Crippen molar-refractivity contribution < 1.29 is 9.59 Å². The summed E-state index contributed by atoms with van der Waals surface area (Å²) in [7, 11) is 1.81. The molecule has 0 radical (unpaired) electrons. The molecule has 2 unspecified atom stereocenters. The molecule has 0 aromatic heterocycles. The minimum Gasteiger partial charge on any atom is -0.342 e. The maximum atomic E-state index is 12.4. The van der Waals surface area contributed by atoms with E-state index in [1.807, 2.05) is 18.9 Å². The van der Waals surface area contributed by atoms with Gasteiger partial charge in [-0.1, -0.05) is 0 Å². The molecule has 0 spiro atoms. The van der Waals surface area contributed by atoms with Crippen molar-refractivity contribution in [3.63, 3.8) is 0 Å². The van der Waals surface area contributed by atoms with Crippen LogP contribution in [0.1, 0.15) is 32.6 Å². The third-order valence-corrected chi connectivity index (χ3v) is 4.36. The van der Waals surface area contributed by atoms with Crippen LogP contribution in [0.3, 0.4) is 0 Å². The topological polar surface area (TPSA) is 66.6 Å². The summed E-state index contributed by atoms with van der Waals surface area (Å²) in [4.78, 5) is 28.1. The first-order valence-corrected chi connectivity index (χ1v) is 7.30. The molecule has 2 aliphatic rings. The molecule has 1 saturated carbocycles. The van der Waals surface area contributed by atoms with E-state index in [1.165, 1.54) is 0 Å². The Bertz CT molecular complexity index is 355. The summed E-state index contributed by atoms with van der Waals surface area (Å²) in [6.07, 6.45) is 3.87. The highest BCUT2D eigenvalue weighted by atomic mass is 16.2. The summed E-state index contributed by atoms with van der Waals surface area (Å²) in [5.41, 5.74) is 5.61. The van der Waals surface area contributed by atoms with Gasteiger partial charge in [0.25, 0.3) is 0 Å². The highest BCUT2D eigenvalue weighted by Crippen LogP contribution is 2.32. The maximum absolute atomic E-state index is 12.4. The zero-order chi connectivity index (χ0) is 14.0. The lowest BCUT2D eigenvalue weighted by Gasteiger charge is -2.35. The predicted molar refractivity (Wildman–Crippen MR) is 73.3 cm³/mol. The standard InChI is InChI=1S/C14H25N3O2/c1-10(8-15)16(2)13(18)12-4-3-7-17(9-12)14(19)11-5-6-11/h10-12H,3-9,15H2,1-2H3. The van der Waals surface area contributed by atoms with Gasteiger partial charge in [0, 0.05) is 38.6 Å². The first-order chi connectivity index (χ1) is 9.04. The smallest absolute Gasteiger partial charge is 0.227 e. The van der Waals surface area contributed by atoms with Crippen LogP contribution in [0.2, 0.25) is 0 Å². The van der Waals surface area contributed by atoms with Crippen molar-refractivity contribution in [2.24, 2.45) is 17.6 Å². The van der Waals surface area contributed by atoms with E-state index in [2.05, 4.69) is 0 Å². The van der Waals surface area contributed by atoms with Gasteiger partial charge in [0.1, 0.15) is 0 Å². The lowest BCUT2D eigenvalue weighted by Crippen LogP contribution is -2.49. The van der Waals surface area contributed by atoms with Crippen molar-refractivity contribution >= 4 is 11.8 Å². The molecule has 5 nitrogen and oxygen atoms in total. The number of carbonyl (C=O) groups is 2. The van der Waals surface area contributed by atoms with Crippen molar-refractivity contribution in [3.05, 3.63) is 0 Å². The number of carbonyl (C=O) groups excluding carboxylic acids is 2. The van der Waals surface area contributed by atoms with E-state index in [9.17, 15) is 9.59 Å². The number of hydrogen-bond donors (Lipinski definition) is 1. The van der Waals surface area contributed by atoms with Crippen LogP contribution >= 0.6 is 0 Å². The van der Waals surface area contributed by atoms with Crippen LogP contribution < -0.4 is 5.73 Å². The zero-order valence-corrected chi connectivity index (χ0v) is 12.0. The Hall–Kier alpha value is -1.10. The molecular weight excluding hydrogens is 242 g/mol. The van der Waals surface area contributed by atoms with Gasteiger partial charge >= 0.3 is 0 Å². The van der Waals surface area contributed by atoms with Gasteiger partial charge in [0.15, 0.2) is 0 Å². The predicted octanol–water partition coefficient (Wildman–Crippen LogP) is 0.441. The number of nitrogens with zero attached hydrogens (tertiary/aromatic N) is 2. The van der Waals surface area contributed by atoms with Crippen LogP contribution in [-0.4, -0.2) is 54.3 Å². The van der Waals surface area contributed by atoms with Gasteiger partial charge in [-0.25, -0.2) is 0 Å². The third-order valence-electron chi connectivity index (χ3n) is 4.36. The Balaban J connectivity index is 1.92. The number of likely N-dealkylation sites (N-methyl/N-ethyl adjacent to an activating group) is 1. The molecule has 0 aromatic rings. The van der Waals surface area contributed by atoms with E-state index in [4.69, 9.17) is 5.73 Å². The Morgan fingerprint density at radius 2 is 2.00 bits per heavy atom. The lowest BCUT2D eigenvalue weighted by molar-refractivity contribution is -0.141. The molecule has 108 valence electrons. The first kappa shape index (κ1) is 14.3. The zero-order valence-electron chi connectivity index (χ0n) is 12.0. The van der Waals surface area contributed by atoms with Crippen LogP contribution in [0.15, 0.2) is 0 Å². The van der Waals surface area contributed by atoms with E-state index in [-0.39, 0.29) is 29.7 Å². The Morgan fingerprint density at radius 1 is 1.32 bits per heavy atom. The molecule has 2 amide bonds. The third kappa shape index (κ3) is 3.26. The van der Waals surface area contributed by atoms with Gasteiger partial charge in [-0.3, -0.25) is 9.59 Å². The van der Waals surface area contributed by atoms with Gasteiger partial charge < -0.3 is 15.5 Å². The van der Waals surface area contributed by atoms with Crippen LogP contribution in [0.4, 0.5) is 0 Å². The lowest BCUT2D eigenvalue weighted by atomic mass is 9.95. The van der Waals surface area contributed by atoms with Gasteiger partial charge in [-0.05, 0) is 32.6 Å². The molecule has 0 bridgehead atoms. The van der Waals surface area contributed by atoms with E-state index < -0.39 is 0 Å². The Kier molecular flexibility index (Phi) is 4.45. The second kappa shape index (κ2) is 5.90. The molecule has 2 atom stereocenters. The molecule has 1 aliphatic carbocycles. The van der Waals surface area contributed by atoms with Crippen LogP contribution in [0.5, 0.6) is 0 Å². The van der Waals surface area contributed by atoms with Crippen LogP contribution in [0.25, 0.3) is 0 Å². The molecule has 0 aromatic carbocycles. The molecule has 2 N–H and O–H groups in total. The monoisotopic (exact) mass is 267 g/mol. The number of hydrogen-bond acceptors (Lipinski definition) is 3. The molecule has 19 heavy (non-hydrogen) atoms.